The van der Waals surface area contributed by atoms with Gasteiger partial charge in [-0.2, -0.15) is 4.31 Å². The second-order valence-electron chi connectivity index (χ2n) is 7.52. The number of piperazine rings is 1. The Balaban J connectivity index is 1.61. The van der Waals surface area contributed by atoms with Gasteiger partial charge in [0.15, 0.2) is 4.90 Å². The van der Waals surface area contributed by atoms with Gasteiger partial charge in [-0.1, -0.05) is 35.9 Å². The average molecular weight is 474 g/mol. The number of aliphatic hydroxyl groups excluding tert-OH is 1. The van der Waals surface area contributed by atoms with Gasteiger partial charge in [0.25, 0.3) is 0 Å². The van der Waals surface area contributed by atoms with E-state index in [1.165, 1.54) is 4.31 Å². The van der Waals surface area contributed by atoms with Gasteiger partial charge in [0, 0.05) is 38.3 Å². The highest BCUT2D eigenvalue weighted by molar-refractivity contribution is 7.89. The van der Waals surface area contributed by atoms with Crippen LogP contribution in [0.1, 0.15) is 5.56 Å². The monoisotopic (exact) mass is 473 g/mol. The van der Waals surface area contributed by atoms with Gasteiger partial charge in [-0.3, -0.25) is 4.90 Å². The largest absolute Gasteiger partial charge is 0.587 e. The molecule has 0 amide bonds. The van der Waals surface area contributed by atoms with Crippen LogP contribution in [0.2, 0.25) is 0 Å². The van der Waals surface area contributed by atoms with Crippen molar-refractivity contribution in [1.29, 1.82) is 0 Å². The number of nitrogens with two attached hydrogens (primary N) is 1. The summed E-state index contributed by atoms with van der Waals surface area (Å²) in [7, 11) is 0. The molecule has 1 atom stereocenters. The number of halogens is 1. The first-order valence-electron chi connectivity index (χ1n) is 10.1. The normalized spacial score (nSPS) is 19.5. The molecule has 9 heteroatoms. The van der Waals surface area contributed by atoms with Gasteiger partial charge in [0.2, 0.25) is 0 Å². The van der Waals surface area contributed by atoms with E-state index < -0.39 is 11.4 Å². The molecule has 0 bridgehead atoms. The summed E-state index contributed by atoms with van der Waals surface area (Å²) < 4.78 is 14.4. The fourth-order valence-electron chi connectivity index (χ4n) is 3.46. The van der Waals surface area contributed by atoms with Crippen molar-refractivity contribution in [3.8, 4) is 0 Å². The summed E-state index contributed by atoms with van der Waals surface area (Å²) in [6.07, 6.45) is 6.85. The summed E-state index contributed by atoms with van der Waals surface area (Å²) in [6.45, 7) is 13.2. The number of aryl methyl sites for hydroxylation is 1. The fourth-order valence-corrected chi connectivity index (χ4v) is 4.57. The van der Waals surface area contributed by atoms with Crippen molar-refractivity contribution in [3.63, 3.8) is 0 Å². The Hall–Kier alpha value is -2.65. The van der Waals surface area contributed by atoms with Gasteiger partial charge in [-0.25, -0.2) is 4.99 Å². The molecule has 3 N–H and O–H groups in total. The molecule has 2 heterocycles. The Labute approximate surface area is 197 Å². The minimum Gasteiger partial charge on any atom is -0.587 e. The van der Waals surface area contributed by atoms with Crippen LogP contribution in [0.4, 0.5) is 0 Å². The lowest BCUT2D eigenvalue weighted by Crippen LogP contribution is -2.46. The number of nitrogens with zero attached hydrogens (tertiary/aromatic N) is 4. The van der Waals surface area contributed by atoms with Gasteiger partial charge in [0.05, 0.1) is 11.4 Å². The first-order chi connectivity index (χ1) is 15.3. The molecule has 7 nitrogen and oxygen atoms in total. The van der Waals surface area contributed by atoms with Crippen LogP contribution in [-0.2, 0) is 11.4 Å². The molecule has 0 saturated carbocycles. The Morgan fingerprint density at radius 3 is 2.50 bits per heavy atom. The molecule has 2 aliphatic rings. The fraction of sp³-hybridized carbons (Fsp3) is 0.261. The first kappa shape index (κ1) is 24.0. The number of aliphatic hydroxyl groups is 1. The maximum Gasteiger partial charge on any atom is 0.180 e. The summed E-state index contributed by atoms with van der Waals surface area (Å²) in [5.74, 6) is 0.780. The molecule has 0 aromatic heterocycles. The Morgan fingerprint density at radius 2 is 1.91 bits per heavy atom. The molecular formula is C23H28ClN5O2S. The zero-order valence-corrected chi connectivity index (χ0v) is 19.6. The lowest BCUT2D eigenvalue weighted by atomic mass is 10.1. The highest BCUT2D eigenvalue weighted by Crippen LogP contribution is 2.29. The summed E-state index contributed by atoms with van der Waals surface area (Å²) in [6, 6.07) is 7.46. The Bertz CT molecular complexity index is 975. The van der Waals surface area contributed by atoms with Gasteiger partial charge < -0.3 is 20.3 Å². The number of allylic oxidation sites excluding steroid dienone is 2. The van der Waals surface area contributed by atoms with Crippen molar-refractivity contribution in [3.05, 3.63) is 88.8 Å². The van der Waals surface area contributed by atoms with Crippen LogP contribution in [0, 0.1) is 6.92 Å². The number of rotatable bonds is 7. The van der Waals surface area contributed by atoms with Crippen molar-refractivity contribution < 1.29 is 9.66 Å². The van der Waals surface area contributed by atoms with E-state index in [1.54, 1.807) is 24.4 Å². The van der Waals surface area contributed by atoms with E-state index in [-0.39, 0.29) is 10.9 Å². The molecule has 1 aromatic rings. The predicted molar refractivity (Wildman–Crippen MR) is 131 cm³/mol. The van der Waals surface area contributed by atoms with Gasteiger partial charge in [-0.05, 0) is 44.0 Å². The quantitative estimate of drug-likeness (QED) is 0.273. The Morgan fingerprint density at radius 1 is 1.25 bits per heavy atom. The van der Waals surface area contributed by atoms with Gasteiger partial charge in [-0.15, -0.1) is 0 Å². The average Bonchev–Trinajstić information content (AvgIpc) is 2.78. The third-order valence-corrected chi connectivity index (χ3v) is 6.80. The molecule has 1 unspecified atom stereocenters. The van der Waals surface area contributed by atoms with E-state index in [0.717, 1.165) is 43.1 Å². The predicted octanol–water partition coefficient (Wildman–Crippen LogP) is 3.37. The minimum absolute atomic E-state index is 0.0615. The molecule has 1 aromatic carbocycles. The molecule has 2 aliphatic heterocycles. The summed E-state index contributed by atoms with van der Waals surface area (Å²) in [4.78, 5) is 9.05. The van der Waals surface area contributed by atoms with E-state index in [1.807, 2.05) is 31.2 Å². The Kier molecular flexibility index (Phi) is 8.09. The zero-order valence-electron chi connectivity index (χ0n) is 18.1. The van der Waals surface area contributed by atoms with Crippen LogP contribution in [0.25, 0.3) is 0 Å². The molecule has 0 spiro atoms. The molecular weight excluding hydrogens is 446 g/mol. The van der Waals surface area contributed by atoms with Crippen LogP contribution in [0.5, 0.6) is 0 Å². The van der Waals surface area contributed by atoms with Crippen LogP contribution in [0.15, 0.2) is 93.2 Å². The van der Waals surface area contributed by atoms with Crippen molar-refractivity contribution in [2.75, 3.05) is 32.7 Å². The third kappa shape index (κ3) is 5.77. The molecule has 1 saturated heterocycles. The van der Waals surface area contributed by atoms with E-state index in [4.69, 9.17) is 17.3 Å². The minimum atomic E-state index is -1.48. The lowest BCUT2D eigenvalue weighted by molar-refractivity contribution is 0.167. The number of hydrogen-bond donors (Lipinski definition) is 2. The van der Waals surface area contributed by atoms with E-state index in [0.29, 0.717) is 17.1 Å². The summed E-state index contributed by atoms with van der Waals surface area (Å²) in [5.41, 5.74) is 7.64. The summed E-state index contributed by atoms with van der Waals surface area (Å²) >= 11 is 4.21. The van der Waals surface area contributed by atoms with E-state index >= 15 is 0 Å². The maximum absolute atomic E-state index is 12.9. The van der Waals surface area contributed by atoms with Crippen molar-refractivity contribution in [1.82, 2.24) is 14.1 Å². The highest BCUT2D eigenvalue weighted by Gasteiger charge is 2.29. The number of aliphatic imine (C=N–C) groups is 1. The number of benzene rings is 1. The standard InChI is InChI=1S/C23H28ClN5O2S/c1-17-4-6-20(7-5-17)32(31)29-11-10-19(23(30)18(29)2)16-27-12-14-28(15-13-27)22(26-3)9-8-21(24)25/h4-11,30H,2-3,12-16,25H2,1H3/b21-8-,22-9+. The van der Waals surface area contributed by atoms with Crippen LogP contribution in [-0.4, -0.2) is 63.2 Å². The van der Waals surface area contributed by atoms with Crippen molar-refractivity contribution >= 4 is 29.7 Å². The van der Waals surface area contributed by atoms with Crippen LogP contribution >= 0.6 is 11.6 Å². The third-order valence-electron chi connectivity index (χ3n) is 5.30. The van der Waals surface area contributed by atoms with E-state index in [2.05, 4.69) is 28.1 Å². The SMILES string of the molecule is C=N/C(=C\C=C(/N)Cl)N1CCN(CC2=C(O)C(=C)N([S+]([O-])c3ccc(C)cc3)C=C2)CC1. The van der Waals surface area contributed by atoms with Gasteiger partial charge in [0.1, 0.15) is 28.6 Å². The van der Waals surface area contributed by atoms with Crippen LogP contribution in [0.3, 0.4) is 0 Å². The lowest BCUT2D eigenvalue weighted by Gasteiger charge is -2.36. The first-order valence-corrected chi connectivity index (χ1v) is 11.6. The molecule has 3 rings (SSSR count). The maximum atomic E-state index is 12.9. The molecule has 0 radical (unpaired) electrons. The van der Waals surface area contributed by atoms with Crippen molar-refractivity contribution in [2.24, 2.45) is 10.7 Å². The molecule has 170 valence electrons. The van der Waals surface area contributed by atoms with E-state index in [9.17, 15) is 9.66 Å². The second kappa shape index (κ2) is 10.8. The van der Waals surface area contributed by atoms with Crippen molar-refractivity contribution in [2.45, 2.75) is 11.8 Å². The smallest absolute Gasteiger partial charge is 0.180 e. The second-order valence-corrected chi connectivity index (χ2v) is 9.32. The summed E-state index contributed by atoms with van der Waals surface area (Å²) in [5, 5.41) is 10.9. The molecule has 32 heavy (non-hydrogen) atoms. The molecule has 1 fully saturated rings. The highest BCUT2D eigenvalue weighted by atomic mass is 35.5. The number of hydrogen-bond acceptors (Lipinski definition) is 7. The van der Waals surface area contributed by atoms with Gasteiger partial charge >= 0.3 is 0 Å². The van der Waals surface area contributed by atoms with Crippen LogP contribution < -0.4 is 5.73 Å². The molecule has 0 aliphatic carbocycles. The zero-order chi connectivity index (χ0) is 23.3. The topological polar surface area (TPSA) is 91.4 Å².